The van der Waals surface area contributed by atoms with E-state index >= 15 is 0 Å². The van der Waals surface area contributed by atoms with Crippen molar-refractivity contribution in [3.63, 3.8) is 0 Å². The molecule has 0 radical (unpaired) electrons. The van der Waals surface area contributed by atoms with Gasteiger partial charge in [-0.25, -0.2) is 0 Å². The molecular weight excluding hydrogens is 206 g/mol. The van der Waals surface area contributed by atoms with Crippen LogP contribution in [0, 0.1) is 0 Å². The third-order valence-corrected chi connectivity index (χ3v) is 2.79. The molecule has 1 atom stereocenters. The first kappa shape index (κ1) is 12.4. The molecule has 0 spiro atoms. The Kier molecular flexibility index (Phi) is 3.77. The van der Waals surface area contributed by atoms with E-state index in [1.807, 2.05) is 13.8 Å². The minimum absolute atomic E-state index is 0.142. The van der Waals surface area contributed by atoms with Crippen molar-refractivity contribution in [3.05, 3.63) is 23.8 Å². The SMILES string of the molecule is CCC(C)N(C)C(=O)c1ccc(O)c(O)c1. The standard InChI is InChI=1S/C12H17NO3/c1-4-8(2)13(3)12(16)9-5-6-10(14)11(15)7-9/h5-8,14-15H,4H2,1-3H3. The first-order valence-electron chi connectivity index (χ1n) is 5.26. The van der Waals surface area contributed by atoms with Gasteiger partial charge in [-0.2, -0.15) is 0 Å². The molecule has 4 nitrogen and oxygen atoms in total. The summed E-state index contributed by atoms with van der Waals surface area (Å²) in [5.41, 5.74) is 0.373. The lowest BCUT2D eigenvalue weighted by Crippen LogP contribution is -2.34. The van der Waals surface area contributed by atoms with Gasteiger partial charge in [-0.15, -0.1) is 0 Å². The normalized spacial score (nSPS) is 12.2. The van der Waals surface area contributed by atoms with E-state index in [4.69, 9.17) is 5.11 Å². The monoisotopic (exact) mass is 223 g/mol. The Morgan fingerprint density at radius 1 is 1.38 bits per heavy atom. The van der Waals surface area contributed by atoms with Gasteiger partial charge in [0.15, 0.2) is 11.5 Å². The Balaban J connectivity index is 2.92. The lowest BCUT2D eigenvalue weighted by molar-refractivity contribution is 0.0740. The molecule has 1 amide bonds. The number of hydrogen-bond acceptors (Lipinski definition) is 3. The first-order valence-corrected chi connectivity index (χ1v) is 5.26. The number of carbonyl (C=O) groups excluding carboxylic acids is 1. The van der Waals surface area contributed by atoms with E-state index in [0.717, 1.165) is 6.42 Å². The lowest BCUT2D eigenvalue weighted by atomic mass is 10.1. The molecule has 1 unspecified atom stereocenters. The zero-order valence-electron chi connectivity index (χ0n) is 9.77. The summed E-state index contributed by atoms with van der Waals surface area (Å²) in [6.45, 7) is 3.96. The Labute approximate surface area is 95.1 Å². The fraction of sp³-hybridized carbons (Fsp3) is 0.417. The third kappa shape index (κ3) is 2.45. The van der Waals surface area contributed by atoms with Crippen molar-refractivity contribution in [1.29, 1.82) is 0 Å². The van der Waals surface area contributed by atoms with Crippen LogP contribution < -0.4 is 0 Å². The molecule has 0 aliphatic rings. The largest absolute Gasteiger partial charge is 0.504 e. The summed E-state index contributed by atoms with van der Waals surface area (Å²) in [6, 6.07) is 4.23. The quantitative estimate of drug-likeness (QED) is 0.770. The maximum Gasteiger partial charge on any atom is 0.253 e. The zero-order valence-corrected chi connectivity index (χ0v) is 9.77. The molecule has 0 saturated carbocycles. The van der Waals surface area contributed by atoms with E-state index in [-0.39, 0.29) is 23.4 Å². The molecule has 0 aromatic heterocycles. The average Bonchev–Trinajstić information content (AvgIpc) is 2.29. The summed E-state index contributed by atoms with van der Waals surface area (Å²) in [6.07, 6.45) is 0.867. The second kappa shape index (κ2) is 4.88. The predicted molar refractivity (Wildman–Crippen MR) is 61.6 cm³/mol. The highest BCUT2D eigenvalue weighted by Crippen LogP contribution is 2.25. The Morgan fingerprint density at radius 2 is 2.00 bits per heavy atom. The summed E-state index contributed by atoms with van der Waals surface area (Å²) in [5.74, 6) is -0.657. The van der Waals surface area contributed by atoms with Crippen LogP contribution in [0.15, 0.2) is 18.2 Å². The number of phenols is 2. The molecule has 0 saturated heterocycles. The van der Waals surface area contributed by atoms with Crippen LogP contribution in [0.25, 0.3) is 0 Å². The Bertz CT molecular complexity index is 390. The highest BCUT2D eigenvalue weighted by atomic mass is 16.3. The third-order valence-electron chi connectivity index (χ3n) is 2.79. The second-order valence-corrected chi connectivity index (χ2v) is 3.88. The van der Waals surface area contributed by atoms with Gasteiger partial charge >= 0.3 is 0 Å². The van der Waals surface area contributed by atoms with E-state index < -0.39 is 0 Å². The highest BCUT2D eigenvalue weighted by Gasteiger charge is 2.17. The number of rotatable bonds is 3. The number of benzene rings is 1. The fourth-order valence-corrected chi connectivity index (χ4v) is 1.33. The van der Waals surface area contributed by atoms with Crippen molar-refractivity contribution < 1.29 is 15.0 Å². The molecule has 0 aliphatic carbocycles. The van der Waals surface area contributed by atoms with E-state index in [2.05, 4.69) is 0 Å². The molecule has 4 heteroatoms. The summed E-state index contributed by atoms with van der Waals surface area (Å²) in [5, 5.41) is 18.5. The maximum atomic E-state index is 11.9. The lowest BCUT2D eigenvalue weighted by Gasteiger charge is -2.23. The van der Waals surface area contributed by atoms with Crippen LogP contribution in [0.2, 0.25) is 0 Å². The van der Waals surface area contributed by atoms with Gasteiger partial charge in [0.05, 0.1) is 0 Å². The molecule has 1 rings (SSSR count). The van der Waals surface area contributed by atoms with Crippen molar-refractivity contribution in [2.24, 2.45) is 0 Å². The fourth-order valence-electron chi connectivity index (χ4n) is 1.33. The minimum Gasteiger partial charge on any atom is -0.504 e. The summed E-state index contributed by atoms with van der Waals surface area (Å²) >= 11 is 0. The van der Waals surface area contributed by atoms with Crippen LogP contribution in [0.3, 0.4) is 0 Å². The van der Waals surface area contributed by atoms with Crippen molar-refractivity contribution in [1.82, 2.24) is 4.90 Å². The Morgan fingerprint density at radius 3 is 2.50 bits per heavy atom. The molecule has 88 valence electrons. The minimum atomic E-state index is -0.275. The molecule has 1 aromatic rings. The van der Waals surface area contributed by atoms with Crippen LogP contribution in [-0.4, -0.2) is 34.1 Å². The number of nitrogens with zero attached hydrogens (tertiary/aromatic N) is 1. The first-order chi connectivity index (χ1) is 7.47. The van der Waals surface area contributed by atoms with Crippen molar-refractivity contribution in [2.45, 2.75) is 26.3 Å². The van der Waals surface area contributed by atoms with Gasteiger partial charge in [-0.1, -0.05) is 6.92 Å². The van der Waals surface area contributed by atoms with Gasteiger partial charge < -0.3 is 15.1 Å². The second-order valence-electron chi connectivity index (χ2n) is 3.88. The van der Waals surface area contributed by atoms with Crippen LogP contribution >= 0.6 is 0 Å². The molecule has 0 bridgehead atoms. The molecule has 1 aromatic carbocycles. The average molecular weight is 223 g/mol. The molecule has 0 aliphatic heterocycles. The topological polar surface area (TPSA) is 60.8 Å². The zero-order chi connectivity index (χ0) is 12.3. The van der Waals surface area contributed by atoms with Crippen LogP contribution in [0.4, 0.5) is 0 Å². The Hall–Kier alpha value is -1.71. The molecule has 16 heavy (non-hydrogen) atoms. The van der Waals surface area contributed by atoms with Crippen LogP contribution in [0.5, 0.6) is 11.5 Å². The summed E-state index contributed by atoms with van der Waals surface area (Å²) < 4.78 is 0. The maximum absolute atomic E-state index is 11.9. The van der Waals surface area contributed by atoms with E-state index in [1.165, 1.54) is 18.2 Å². The van der Waals surface area contributed by atoms with Gasteiger partial charge in [-0.05, 0) is 31.5 Å². The smallest absolute Gasteiger partial charge is 0.253 e. The summed E-state index contributed by atoms with van der Waals surface area (Å²) in [7, 11) is 1.72. The number of aromatic hydroxyl groups is 2. The number of amides is 1. The predicted octanol–water partition coefficient (Wildman–Crippen LogP) is 1.97. The van der Waals surface area contributed by atoms with Gasteiger partial charge in [0.2, 0.25) is 0 Å². The molecule has 0 fully saturated rings. The van der Waals surface area contributed by atoms with E-state index in [9.17, 15) is 9.90 Å². The molecular formula is C12H17NO3. The van der Waals surface area contributed by atoms with Gasteiger partial charge in [0.1, 0.15) is 0 Å². The van der Waals surface area contributed by atoms with Crippen LogP contribution in [-0.2, 0) is 0 Å². The number of hydrogen-bond donors (Lipinski definition) is 2. The molecule has 0 heterocycles. The molecule has 2 N–H and O–H groups in total. The summed E-state index contributed by atoms with van der Waals surface area (Å²) in [4.78, 5) is 13.6. The van der Waals surface area contributed by atoms with E-state index in [0.29, 0.717) is 5.56 Å². The van der Waals surface area contributed by atoms with Crippen molar-refractivity contribution in [2.75, 3.05) is 7.05 Å². The number of phenolic OH excluding ortho intramolecular Hbond substituents is 2. The van der Waals surface area contributed by atoms with E-state index in [1.54, 1.807) is 11.9 Å². The highest BCUT2D eigenvalue weighted by molar-refractivity contribution is 5.94. The van der Waals surface area contributed by atoms with Gasteiger partial charge in [0, 0.05) is 18.7 Å². The van der Waals surface area contributed by atoms with Gasteiger partial charge in [0.25, 0.3) is 5.91 Å². The van der Waals surface area contributed by atoms with Crippen molar-refractivity contribution >= 4 is 5.91 Å². The van der Waals surface area contributed by atoms with Crippen molar-refractivity contribution in [3.8, 4) is 11.5 Å². The van der Waals surface area contributed by atoms with Gasteiger partial charge in [-0.3, -0.25) is 4.79 Å². The van der Waals surface area contributed by atoms with Crippen LogP contribution in [0.1, 0.15) is 30.6 Å². The number of carbonyl (C=O) groups is 1.